The summed E-state index contributed by atoms with van der Waals surface area (Å²) in [7, 11) is 0. The Hall–Kier alpha value is -0.0900. The van der Waals surface area contributed by atoms with Crippen LogP contribution in [-0.2, 0) is 11.2 Å². The van der Waals surface area contributed by atoms with Gasteiger partial charge in [-0.15, -0.1) is 11.3 Å². The fourth-order valence-electron chi connectivity index (χ4n) is 3.34. The lowest BCUT2D eigenvalue weighted by atomic mass is 9.82. The Bertz CT molecular complexity index is 422. The smallest absolute Gasteiger partial charge is 0.0931 e. The predicted octanol–water partition coefficient (Wildman–Crippen LogP) is 4.37. The second kappa shape index (κ2) is 7.26. The highest BCUT2D eigenvalue weighted by atomic mass is 35.5. The van der Waals surface area contributed by atoms with Crippen molar-refractivity contribution in [3.8, 4) is 0 Å². The summed E-state index contributed by atoms with van der Waals surface area (Å²) in [5.74, 6) is 1.16. The molecule has 0 radical (unpaired) electrons. The van der Waals surface area contributed by atoms with E-state index in [1.165, 1.54) is 4.88 Å². The molecule has 0 bridgehead atoms. The predicted molar refractivity (Wildman–Crippen MR) is 87.8 cm³/mol. The summed E-state index contributed by atoms with van der Waals surface area (Å²) in [5.41, 5.74) is 0. The van der Waals surface area contributed by atoms with Crippen molar-refractivity contribution in [1.29, 1.82) is 0 Å². The van der Waals surface area contributed by atoms with Gasteiger partial charge in [0, 0.05) is 16.8 Å². The van der Waals surface area contributed by atoms with Crippen molar-refractivity contribution in [2.24, 2.45) is 11.8 Å². The van der Waals surface area contributed by atoms with E-state index in [2.05, 4.69) is 39.1 Å². The topological polar surface area (TPSA) is 21.3 Å². The van der Waals surface area contributed by atoms with Gasteiger partial charge in [0.2, 0.25) is 0 Å². The standard InChI is InChI=1S/C16H26ClNOS/c1-5-8-18-14(9-13-6-7-15(17)20-13)16-10(2)11(3)19-12(16)4/h6-7,10-12,14,16,18H,5,8-9H2,1-4H3. The first-order valence-corrected chi connectivity index (χ1v) is 8.85. The second-order valence-electron chi connectivity index (χ2n) is 5.95. The van der Waals surface area contributed by atoms with E-state index >= 15 is 0 Å². The number of hydrogen-bond acceptors (Lipinski definition) is 3. The highest BCUT2D eigenvalue weighted by Gasteiger charge is 2.41. The molecule has 1 saturated heterocycles. The molecule has 2 nitrogen and oxygen atoms in total. The Labute approximate surface area is 131 Å². The van der Waals surface area contributed by atoms with Crippen LogP contribution in [0.15, 0.2) is 12.1 Å². The Morgan fingerprint density at radius 1 is 1.30 bits per heavy atom. The SMILES string of the molecule is CCCNC(Cc1ccc(Cl)s1)C1C(C)OC(C)C1C. The highest BCUT2D eigenvalue weighted by Crippen LogP contribution is 2.36. The van der Waals surface area contributed by atoms with Gasteiger partial charge in [0.1, 0.15) is 0 Å². The van der Waals surface area contributed by atoms with E-state index in [1.54, 1.807) is 11.3 Å². The number of halogens is 1. The van der Waals surface area contributed by atoms with Gasteiger partial charge >= 0.3 is 0 Å². The molecule has 5 unspecified atom stereocenters. The molecule has 2 rings (SSSR count). The van der Waals surface area contributed by atoms with E-state index < -0.39 is 0 Å². The fourth-order valence-corrected chi connectivity index (χ4v) is 4.49. The molecule has 5 atom stereocenters. The van der Waals surface area contributed by atoms with E-state index in [0.29, 0.717) is 30.1 Å². The van der Waals surface area contributed by atoms with Crippen LogP contribution in [0.1, 0.15) is 39.0 Å². The lowest BCUT2D eigenvalue weighted by molar-refractivity contribution is 0.0476. The normalized spacial score (nSPS) is 31.6. The van der Waals surface area contributed by atoms with Gasteiger partial charge in [0.15, 0.2) is 0 Å². The molecule has 0 spiro atoms. The van der Waals surface area contributed by atoms with Crippen molar-refractivity contribution in [3.63, 3.8) is 0 Å². The molecule has 0 amide bonds. The number of hydrogen-bond donors (Lipinski definition) is 1. The first kappa shape index (κ1) is 16.3. The van der Waals surface area contributed by atoms with Crippen LogP contribution in [0.4, 0.5) is 0 Å². The molecule has 0 aliphatic carbocycles. The number of nitrogens with one attached hydrogen (secondary N) is 1. The van der Waals surface area contributed by atoms with Crippen molar-refractivity contribution in [1.82, 2.24) is 5.32 Å². The molecular formula is C16H26ClNOS. The van der Waals surface area contributed by atoms with Crippen molar-refractivity contribution in [2.45, 2.75) is 58.8 Å². The maximum atomic E-state index is 6.06. The fraction of sp³-hybridized carbons (Fsp3) is 0.750. The molecule has 1 aliphatic rings. The minimum Gasteiger partial charge on any atom is -0.375 e. The molecule has 1 aromatic rings. The van der Waals surface area contributed by atoms with Crippen molar-refractivity contribution >= 4 is 22.9 Å². The molecule has 4 heteroatoms. The maximum Gasteiger partial charge on any atom is 0.0931 e. The second-order valence-corrected chi connectivity index (χ2v) is 7.75. The van der Waals surface area contributed by atoms with Gasteiger partial charge in [0.05, 0.1) is 16.5 Å². The van der Waals surface area contributed by atoms with Crippen LogP contribution in [0.3, 0.4) is 0 Å². The van der Waals surface area contributed by atoms with Crippen LogP contribution in [0.2, 0.25) is 4.34 Å². The van der Waals surface area contributed by atoms with Gasteiger partial charge in [-0.2, -0.15) is 0 Å². The number of rotatable bonds is 6. The van der Waals surface area contributed by atoms with E-state index in [1.807, 2.05) is 6.07 Å². The molecule has 1 N–H and O–H groups in total. The third-order valence-corrected chi connectivity index (χ3v) is 5.74. The van der Waals surface area contributed by atoms with Gasteiger partial charge in [-0.3, -0.25) is 0 Å². The molecule has 1 fully saturated rings. The van der Waals surface area contributed by atoms with Gasteiger partial charge in [0.25, 0.3) is 0 Å². The lowest BCUT2D eigenvalue weighted by Gasteiger charge is -2.29. The zero-order chi connectivity index (χ0) is 14.7. The molecule has 114 valence electrons. The number of thiophene rings is 1. The van der Waals surface area contributed by atoms with E-state index in [-0.39, 0.29) is 0 Å². The minimum atomic E-state index is 0.324. The molecule has 1 aliphatic heterocycles. The molecule has 2 heterocycles. The average Bonchev–Trinajstić information content (AvgIpc) is 2.90. The summed E-state index contributed by atoms with van der Waals surface area (Å²) in [6, 6.07) is 4.63. The van der Waals surface area contributed by atoms with E-state index in [0.717, 1.165) is 23.7 Å². The monoisotopic (exact) mass is 315 g/mol. The summed E-state index contributed by atoms with van der Waals surface area (Å²) in [5, 5.41) is 3.73. The summed E-state index contributed by atoms with van der Waals surface area (Å²) < 4.78 is 6.91. The summed E-state index contributed by atoms with van der Waals surface area (Å²) in [6.07, 6.45) is 2.89. The van der Waals surface area contributed by atoms with Gasteiger partial charge in [-0.05, 0) is 51.3 Å². The summed E-state index contributed by atoms with van der Waals surface area (Å²) in [6.45, 7) is 10.0. The van der Waals surface area contributed by atoms with E-state index in [4.69, 9.17) is 16.3 Å². The van der Waals surface area contributed by atoms with Gasteiger partial charge in [-0.25, -0.2) is 0 Å². The van der Waals surface area contributed by atoms with Crippen LogP contribution in [0.25, 0.3) is 0 Å². The quantitative estimate of drug-likeness (QED) is 0.841. The average molecular weight is 316 g/mol. The van der Waals surface area contributed by atoms with Crippen LogP contribution in [0, 0.1) is 11.8 Å². The van der Waals surface area contributed by atoms with Crippen molar-refractivity contribution < 1.29 is 4.74 Å². The van der Waals surface area contributed by atoms with Crippen molar-refractivity contribution in [3.05, 3.63) is 21.3 Å². The van der Waals surface area contributed by atoms with Crippen LogP contribution < -0.4 is 5.32 Å². The van der Waals surface area contributed by atoms with Crippen molar-refractivity contribution in [2.75, 3.05) is 6.54 Å². The minimum absolute atomic E-state index is 0.324. The van der Waals surface area contributed by atoms with Crippen LogP contribution in [-0.4, -0.2) is 24.8 Å². The van der Waals surface area contributed by atoms with E-state index in [9.17, 15) is 0 Å². The Kier molecular flexibility index (Phi) is 5.91. The van der Waals surface area contributed by atoms with Gasteiger partial charge in [-0.1, -0.05) is 25.4 Å². The zero-order valence-electron chi connectivity index (χ0n) is 12.9. The third kappa shape index (κ3) is 3.76. The summed E-state index contributed by atoms with van der Waals surface area (Å²) >= 11 is 7.76. The number of ether oxygens (including phenoxy) is 1. The molecule has 0 aromatic carbocycles. The van der Waals surface area contributed by atoms with Gasteiger partial charge < -0.3 is 10.1 Å². The zero-order valence-corrected chi connectivity index (χ0v) is 14.4. The molecule has 20 heavy (non-hydrogen) atoms. The lowest BCUT2D eigenvalue weighted by Crippen LogP contribution is -2.43. The Balaban J connectivity index is 2.10. The first-order chi connectivity index (χ1) is 9.52. The first-order valence-electron chi connectivity index (χ1n) is 7.66. The Morgan fingerprint density at radius 3 is 2.55 bits per heavy atom. The summed E-state index contributed by atoms with van der Waals surface area (Å²) in [4.78, 5) is 1.36. The largest absolute Gasteiger partial charge is 0.375 e. The Morgan fingerprint density at radius 2 is 2.05 bits per heavy atom. The molecular weight excluding hydrogens is 290 g/mol. The van der Waals surface area contributed by atoms with Crippen LogP contribution in [0.5, 0.6) is 0 Å². The van der Waals surface area contributed by atoms with Crippen LogP contribution >= 0.6 is 22.9 Å². The highest BCUT2D eigenvalue weighted by molar-refractivity contribution is 7.16. The molecule has 1 aromatic heterocycles. The third-order valence-electron chi connectivity index (χ3n) is 4.49. The maximum absolute atomic E-state index is 6.06. The molecule has 0 saturated carbocycles.